The van der Waals surface area contributed by atoms with E-state index in [2.05, 4.69) is 5.32 Å². The van der Waals surface area contributed by atoms with Crippen molar-refractivity contribution < 1.29 is 18.0 Å². The van der Waals surface area contributed by atoms with Crippen LogP contribution in [0.3, 0.4) is 0 Å². The van der Waals surface area contributed by atoms with Gasteiger partial charge in [-0.2, -0.15) is 0 Å². The molecule has 0 unspecified atom stereocenters. The van der Waals surface area contributed by atoms with E-state index in [9.17, 15) is 18.0 Å². The van der Waals surface area contributed by atoms with Crippen LogP contribution in [-0.2, 0) is 32.6 Å². The van der Waals surface area contributed by atoms with Gasteiger partial charge in [0.25, 0.3) is 10.0 Å². The van der Waals surface area contributed by atoms with Crippen LogP contribution in [0.1, 0.15) is 50.3 Å². The van der Waals surface area contributed by atoms with Gasteiger partial charge in [-0.1, -0.05) is 118 Å². The molecule has 10 heteroatoms. The van der Waals surface area contributed by atoms with Gasteiger partial charge in [-0.05, 0) is 64.9 Å². The Hall–Kier alpha value is -3.85. The molecule has 0 fully saturated rings. The van der Waals surface area contributed by atoms with Crippen LogP contribution >= 0.6 is 23.2 Å². The van der Waals surface area contributed by atoms with Gasteiger partial charge in [0, 0.05) is 29.6 Å². The highest BCUT2D eigenvalue weighted by molar-refractivity contribution is 7.92. The van der Waals surface area contributed by atoms with Crippen molar-refractivity contribution in [1.29, 1.82) is 0 Å². The van der Waals surface area contributed by atoms with Crippen molar-refractivity contribution in [3.63, 3.8) is 0 Å². The number of rotatable bonds is 14. The highest BCUT2D eigenvalue weighted by Crippen LogP contribution is 2.28. The van der Waals surface area contributed by atoms with Gasteiger partial charge in [0.2, 0.25) is 11.8 Å². The van der Waals surface area contributed by atoms with Crippen molar-refractivity contribution in [2.75, 3.05) is 17.4 Å². The number of anilines is 1. The summed E-state index contributed by atoms with van der Waals surface area (Å²) in [6.07, 6.45) is 0.205. The summed E-state index contributed by atoms with van der Waals surface area (Å²) in [6.45, 7) is 7.88. The SMILES string of the molecule is CC(C)CNC(=O)[C@@H](Cc1ccccc1)N(Cc1ccc(Cl)cc1Cl)C(=O)CN(c1ccc(C(C)C)cc1)S(=O)(=O)c1ccccc1. The predicted octanol–water partition coefficient (Wildman–Crippen LogP) is 7.72. The molecule has 0 aliphatic rings. The third-order valence-corrected chi connectivity index (χ3v) is 10.1. The zero-order valence-corrected chi connectivity index (χ0v) is 29.4. The van der Waals surface area contributed by atoms with Crippen molar-refractivity contribution in [1.82, 2.24) is 10.2 Å². The molecule has 0 saturated heterocycles. The van der Waals surface area contributed by atoms with Crippen LogP contribution in [-0.4, -0.2) is 44.3 Å². The van der Waals surface area contributed by atoms with Crippen LogP contribution in [0.2, 0.25) is 10.0 Å². The number of carbonyl (C=O) groups is 2. The highest BCUT2D eigenvalue weighted by atomic mass is 35.5. The van der Waals surface area contributed by atoms with E-state index in [0.717, 1.165) is 15.4 Å². The number of hydrogen-bond donors (Lipinski definition) is 1. The Labute approximate surface area is 288 Å². The molecular weight excluding hydrogens is 653 g/mol. The average molecular weight is 695 g/mol. The maximum atomic E-state index is 14.6. The summed E-state index contributed by atoms with van der Waals surface area (Å²) in [6, 6.07) is 28.5. The van der Waals surface area contributed by atoms with Crippen molar-refractivity contribution in [3.8, 4) is 0 Å². The van der Waals surface area contributed by atoms with E-state index in [0.29, 0.717) is 27.8 Å². The second-order valence-electron chi connectivity index (χ2n) is 12.2. The molecule has 0 radical (unpaired) electrons. The number of hydrogen-bond acceptors (Lipinski definition) is 4. The van der Waals surface area contributed by atoms with E-state index in [1.54, 1.807) is 48.5 Å². The number of carbonyl (C=O) groups excluding carboxylic acids is 2. The van der Waals surface area contributed by atoms with Gasteiger partial charge in [0.1, 0.15) is 12.6 Å². The molecule has 2 amide bonds. The Kier molecular flexibility index (Phi) is 12.5. The van der Waals surface area contributed by atoms with Crippen molar-refractivity contribution in [2.45, 2.75) is 57.5 Å². The fourth-order valence-corrected chi connectivity index (χ4v) is 6.99. The maximum Gasteiger partial charge on any atom is 0.264 e. The summed E-state index contributed by atoms with van der Waals surface area (Å²) < 4.78 is 29.5. The van der Waals surface area contributed by atoms with E-state index in [4.69, 9.17) is 23.2 Å². The second-order valence-corrected chi connectivity index (χ2v) is 14.9. The molecule has 47 heavy (non-hydrogen) atoms. The van der Waals surface area contributed by atoms with E-state index in [-0.39, 0.29) is 35.6 Å². The molecule has 7 nitrogen and oxygen atoms in total. The zero-order chi connectivity index (χ0) is 34.1. The van der Waals surface area contributed by atoms with Gasteiger partial charge >= 0.3 is 0 Å². The van der Waals surface area contributed by atoms with Crippen molar-refractivity contribution in [3.05, 3.63) is 130 Å². The van der Waals surface area contributed by atoms with E-state index < -0.39 is 28.5 Å². The summed E-state index contributed by atoms with van der Waals surface area (Å²) in [7, 11) is -4.19. The minimum atomic E-state index is -4.19. The molecule has 0 heterocycles. The first-order valence-electron chi connectivity index (χ1n) is 15.6. The molecule has 1 N–H and O–H groups in total. The first-order chi connectivity index (χ1) is 22.4. The van der Waals surface area contributed by atoms with Crippen LogP contribution in [0, 0.1) is 5.92 Å². The number of sulfonamides is 1. The van der Waals surface area contributed by atoms with Crippen molar-refractivity contribution in [2.24, 2.45) is 5.92 Å². The van der Waals surface area contributed by atoms with Crippen LogP contribution in [0.15, 0.2) is 108 Å². The maximum absolute atomic E-state index is 14.6. The normalized spacial score (nSPS) is 12.2. The van der Waals surface area contributed by atoms with E-state index in [1.807, 2.05) is 70.2 Å². The Balaban J connectivity index is 1.82. The molecule has 0 saturated carbocycles. The zero-order valence-electron chi connectivity index (χ0n) is 27.1. The molecule has 4 aromatic rings. The first kappa shape index (κ1) is 36.0. The number of halogens is 2. The minimum absolute atomic E-state index is 0.0449. The fourth-order valence-electron chi connectivity index (χ4n) is 5.08. The molecular formula is C37H41Cl2N3O4S. The number of nitrogens with one attached hydrogen (secondary N) is 1. The van der Waals surface area contributed by atoms with Gasteiger partial charge in [-0.3, -0.25) is 13.9 Å². The van der Waals surface area contributed by atoms with E-state index >= 15 is 0 Å². The molecule has 4 rings (SSSR count). The Bertz CT molecular complexity index is 1750. The summed E-state index contributed by atoms with van der Waals surface area (Å²) >= 11 is 12.8. The summed E-state index contributed by atoms with van der Waals surface area (Å²) in [4.78, 5) is 30.0. The fraction of sp³-hybridized carbons (Fsp3) is 0.297. The molecule has 0 spiro atoms. The lowest BCUT2D eigenvalue weighted by atomic mass is 10.0. The monoisotopic (exact) mass is 693 g/mol. The predicted molar refractivity (Wildman–Crippen MR) is 190 cm³/mol. The molecule has 0 aromatic heterocycles. The lowest BCUT2D eigenvalue weighted by molar-refractivity contribution is -0.140. The third-order valence-electron chi connectivity index (χ3n) is 7.77. The van der Waals surface area contributed by atoms with Crippen LogP contribution in [0.4, 0.5) is 5.69 Å². The molecule has 248 valence electrons. The van der Waals surface area contributed by atoms with Crippen molar-refractivity contribution >= 4 is 50.7 Å². The average Bonchev–Trinajstić information content (AvgIpc) is 3.05. The molecule has 0 bridgehead atoms. The van der Waals surface area contributed by atoms with Gasteiger partial charge in [0.05, 0.1) is 10.6 Å². The van der Waals surface area contributed by atoms with Gasteiger partial charge in [0.15, 0.2) is 0 Å². The lowest BCUT2D eigenvalue weighted by Crippen LogP contribution is -2.53. The van der Waals surface area contributed by atoms with E-state index in [1.165, 1.54) is 17.0 Å². The first-order valence-corrected chi connectivity index (χ1v) is 17.8. The Morgan fingerprint density at radius 3 is 2.00 bits per heavy atom. The summed E-state index contributed by atoms with van der Waals surface area (Å²) in [5.74, 6) is -0.511. The molecule has 4 aromatic carbocycles. The number of amides is 2. The number of nitrogens with zero attached hydrogens (tertiary/aromatic N) is 2. The summed E-state index contributed by atoms with van der Waals surface area (Å²) in [5, 5.41) is 3.74. The Morgan fingerprint density at radius 1 is 0.809 bits per heavy atom. The van der Waals surface area contributed by atoms with Gasteiger partial charge < -0.3 is 10.2 Å². The number of benzene rings is 4. The van der Waals surface area contributed by atoms with Crippen LogP contribution in [0.5, 0.6) is 0 Å². The van der Waals surface area contributed by atoms with Gasteiger partial charge in [-0.15, -0.1) is 0 Å². The smallest absolute Gasteiger partial charge is 0.264 e. The largest absolute Gasteiger partial charge is 0.354 e. The highest BCUT2D eigenvalue weighted by Gasteiger charge is 2.35. The van der Waals surface area contributed by atoms with Crippen LogP contribution < -0.4 is 9.62 Å². The standard InChI is InChI=1S/C37H41Cl2N3O4S/c1-26(2)23-40-37(44)35(21-28-11-7-5-8-12-28)41(24-30-15-18-31(38)22-34(30)39)36(43)25-42(32-19-16-29(17-20-32)27(3)4)47(45,46)33-13-9-6-10-14-33/h5-20,22,26-27,35H,21,23-25H2,1-4H3,(H,40,44)/t35-/m1/s1. The summed E-state index contributed by atoms with van der Waals surface area (Å²) in [5.41, 5.74) is 2.77. The molecule has 1 atom stereocenters. The third kappa shape index (κ3) is 9.60. The molecule has 0 aliphatic heterocycles. The second kappa shape index (κ2) is 16.3. The van der Waals surface area contributed by atoms with Crippen LogP contribution in [0.25, 0.3) is 0 Å². The quantitative estimate of drug-likeness (QED) is 0.147. The molecule has 0 aliphatic carbocycles. The minimum Gasteiger partial charge on any atom is -0.354 e. The van der Waals surface area contributed by atoms with Gasteiger partial charge in [-0.25, -0.2) is 8.42 Å². The lowest BCUT2D eigenvalue weighted by Gasteiger charge is -2.34. The Morgan fingerprint density at radius 2 is 1.43 bits per heavy atom. The topological polar surface area (TPSA) is 86.8 Å².